The van der Waals surface area contributed by atoms with E-state index in [0.717, 1.165) is 34.0 Å². The second-order valence-corrected chi connectivity index (χ2v) is 7.82. The number of hydrogen-bond acceptors (Lipinski definition) is 5. The molecule has 0 aliphatic heterocycles. The van der Waals surface area contributed by atoms with Crippen LogP contribution in [0.15, 0.2) is 30.6 Å². The maximum Gasteiger partial charge on any atom is 0.320 e. The minimum absolute atomic E-state index is 0.296. The Morgan fingerprint density at radius 3 is 2.89 bits per heavy atom. The van der Waals surface area contributed by atoms with E-state index < -0.39 is 12.6 Å². The fraction of sp³-hybridized carbons (Fsp3) is 0.316. The van der Waals surface area contributed by atoms with Gasteiger partial charge in [0, 0.05) is 4.88 Å². The number of nitrogens with zero attached hydrogens (tertiary/aromatic N) is 4. The highest BCUT2D eigenvalue weighted by molar-refractivity contribution is 7.19. The summed E-state index contributed by atoms with van der Waals surface area (Å²) in [6.07, 6.45) is 4.76. The van der Waals surface area contributed by atoms with Crippen LogP contribution < -0.4 is 5.32 Å². The molecular formula is C19H17F2N5S. The Morgan fingerprint density at radius 2 is 2.04 bits per heavy atom. The molecule has 0 unspecified atom stereocenters. The van der Waals surface area contributed by atoms with Gasteiger partial charge in [0.2, 0.25) is 0 Å². The van der Waals surface area contributed by atoms with Crippen LogP contribution in [0.1, 0.15) is 42.2 Å². The first-order valence-corrected chi connectivity index (χ1v) is 9.72. The Hall–Kier alpha value is -2.61. The van der Waals surface area contributed by atoms with E-state index in [-0.39, 0.29) is 0 Å². The highest BCUT2D eigenvalue weighted by Gasteiger charge is 2.25. The van der Waals surface area contributed by atoms with Gasteiger partial charge in [0.05, 0.1) is 22.5 Å². The maximum absolute atomic E-state index is 13.7. The van der Waals surface area contributed by atoms with E-state index in [0.29, 0.717) is 22.7 Å². The second kappa shape index (κ2) is 6.23. The summed E-state index contributed by atoms with van der Waals surface area (Å²) in [5.74, 6) is 0.990. The molecular weight excluding hydrogens is 368 g/mol. The van der Waals surface area contributed by atoms with Crippen LogP contribution in [-0.2, 0) is 12.8 Å². The van der Waals surface area contributed by atoms with Crippen LogP contribution in [0.2, 0.25) is 0 Å². The Labute approximate surface area is 158 Å². The van der Waals surface area contributed by atoms with Crippen molar-refractivity contribution in [2.24, 2.45) is 0 Å². The number of nitrogens with one attached hydrogen (secondary N) is 1. The SMILES string of the molecule is C[C@H](Nc1ncnc2sc3c(c12)CCC3)c1nc2ccccc2n1C(F)F. The minimum atomic E-state index is -2.66. The number of aryl methyl sites for hydroxylation is 2. The lowest BCUT2D eigenvalue weighted by atomic mass is 10.2. The monoisotopic (exact) mass is 385 g/mol. The molecule has 27 heavy (non-hydrogen) atoms. The molecule has 4 aromatic rings. The number of aromatic nitrogens is 4. The van der Waals surface area contributed by atoms with Crippen LogP contribution in [0.5, 0.6) is 0 Å². The standard InChI is InChI=1S/C19H17F2N5S/c1-10(17-25-12-6-2-3-7-13(12)26(17)19(20)21)24-16-15-11-5-4-8-14(11)27-18(15)23-9-22-16/h2-3,6-7,9-10,19H,4-5,8H2,1H3,(H,22,23,24)/t10-/m0/s1. The summed E-state index contributed by atoms with van der Waals surface area (Å²) in [5.41, 5.74) is 2.29. The molecule has 5 rings (SSSR count). The predicted octanol–water partition coefficient (Wildman–Crippen LogP) is 5.10. The lowest BCUT2D eigenvalue weighted by Gasteiger charge is -2.17. The van der Waals surface area contributed by atoms with Crippen LogP contribution in [0.4, 0.5) is 14.6 Å². The molecule has 0 bridgehead atoms. The summed E-state index contributed by atoms with van der Waals surface area (Å²) in [6.45, 7) is -0.826. The number of halogens is 2. The lowest BCUT2D eigenvalue weighted by molar-refractivity contribution is 0.0708. The molecule has 0 saturated carbocycles. The Bertz CT molecular complexity index is 1150. The first-order valence-electron chi connectivity index (χ1n) is 8.90. The normalized spacial score (nSPS) is 15.0. The molecule has 0 fully saturated rings. The summed E-state index contributed by atoms with van der Waals surface area (Å²) < 4.78 is 28.5. The molecule has 1 aliphatic rings. The number of hydrogen-bond donors (Lipinski definition) is 1. The highest BCUT2D eigenvalue weighted by atomic mass is 32.1. The first kappa shape index (κ1) is 16.6. The molecule has 1 N–H and O–H groups in total. The summed E-state index contributed by atoms with van der Waals surface area (Å²) in [6, 6.07) is 6.53. The topological polar surface area (TPSA) is 55.6 Å². The molecule has 0 saturated heterocycles. The molecule has 138 valence electrons. The fourth-order valence-corrected chi connectivity index (χ4v) is 5.11. The van der Waals surface area contributed by atoms with E-state index in [1.54, 1.807) is 35.6 Å². The van der Waals surface area contributed by atoms with Crippen molar-refractivity contribution in [2.45, 2.75) is 38.8 Å². The van der Waals surface area contributed by atoms with Crippen molar-refractivity contribution < 1.29 is 8.78 Å². The zero-order valence-corrected chi connectivity index (χ0v) is 15.4. The van der Waals surface area contributed by atoms with Crippen molar-refractivity contribution in [3.8, 4) is 0 Å². The van der Waals surface area contributed by atoms with Gasteiger partial charge >= 0.3 is 6.55 Å². The molecule has 3 heterocycles. The molecule has 3 aromatic heterocycles. The highest BCUT2D eigenvalue weighted by Crippen LogP contribution is 2.40. The van der Waals surface area contributed by atoms with Crippen LogP contribution in [-0.4, -0.2) is 19.5 Å². The van der Waals surface area contributed by atoms with Crippen molar-refractivity contribution in [1.82, 2.24) is 19.5 Å². The third kappa shape index (κ3) is 2.58. The number of rotatable bonds is 4. The van der Waals surface area contributed by atoms with Gasteiger partial charge in [-0.15, -0.1) is 11.3 Å². The van der Waals surface area contributed by atoms with Crippen molar-refractivity contribution in [2.75, 3.05) is 5.32 Å². The van der Waals surface area contributed by atoms with Gasteiger partial charge in [0.1, 0.15) is 22.8 Å². The third-order valence-corrected chi connectivity index (χ3v) is 6.26. The van der Waals surface area contributed by atoms with E-state index in [1.165, 1.54) is 16.8 Å². The number of para-hydroxylation sites is 2. The average Bonchev–Trinajstić information content (AvgIpc) is 3.33. The number of benzene rings is 1. The van der Waals surface area contributed by atoms with Crippen LogP contribution in [0.3, 0.4) is 0 Å². The van der Waals surface area contributed by atoms with E-state index >= 15 is 0 Å². The Morgan fingerprint density at radius 1 is 1.19 bits per heavy atom. The van der Waals surface area contributed by atoms with Crippen LogP contribution in [0, 0.1) is 0 Å². The second-order valence-electron chi connectivity index (χ2n) is 6.73. The van der Waals surface area contributed by atoms with Crippen molar-refractivity contribution in [3.05, 3.63) is 46.9 Å². The Kier molecular flexibility index (Phi) is 3.82. The lowest BCUT2D eigenvalue weighted by Crippen LogP contribution is -2.15. The predicted molar refractivity (Wildman–Crippen MR) is 102 cm³/mol. The van der Waals surface area contributed by atoms with Gasteiger partial charge in [-0.25, -0.2) is 15.0 Å². The maximum atomic E-state index is 13.7. The first-order chi connectivity index (χ1) is 13.1. The number of anilines is 1. The number of fused-ring (bicyclic) bond motifs is 4. The number of imidazole rings is 1. The quantitative estimate of drug-likeness (QED) is 0.531. The van der Waals surface area contributed by atoms with Gasteiger partial charge in [0.25, 0.3) is 0 Å². The summed E-state index contributed by atoms with van der Waals surface area (Å²) in [5, 5.41) is 4.34. The van der Waals surface area contributed by atoms with Crippen LogP contribution >= 0.6 is 11.3 Å². The number of alkyl halides is 2. The molecule has 1 aliphatic carbocycles. The molecule has 0 amide bonds. The molecule has 8 heteroatoms. The van der Waals surface area contributed by atoms with E-state index in [9.17, 15) is 8.78 Å². The van der Waals surface area contributed by atoms with Gasteiger partial charge in [-0.05, 0) is 43.9 Å². The third-order valence-electron chi connectivity index (χ3n) is 5.06. The zero-order chi connectivity index (χ0) is 18.5. The molecule has 1 atom stereocenters. The van der Waals surface area contributed by atoms with Crippen molar-refractivity contribution >= 4 is 38.4 Å². The Balaban J connectivity index is 1.59. The van der Waals surface area contributed by atoms with Crippen LogP contribution in [0.25, 0.3) is 21.3 Å². The van der Waals surface area contributed by atoms with Gasteiger partial charge in [-0.3, -0.25) is 4.57 Å². The number of thiophene rings is 1. The summed E-state index contributed by atoms with van der Waals surface area (Å²) >= 11 is 1.70. The van der Waals surface area contributed by atoms with Crippen molar-refractivity contribution in [1.29, 1.82) is 0 Å². The molecule has 1 aromatic carbocycles. The summed E-state index contributed by atoms with van der Waals surface area (Å²) in [7, 11) is 0. The van der Waals surface area contributed by atoms with Gasteiger partial charge in [0.15, 0.2) is 0 Å². The largest absolute Gasteiger partial charge is 0.360 e. The van der Waals surface area contributed by atoms with Gasteiger partial charge < -0.3 is 5.32 Å². The van der Waals surface area contributed by atoms with E-state index in [2.05, 4.69) is 20.3 Å². The van der Waals surface area contributed by atoms with Gasteiger partial charge in [-0.1, -0.05) is 12.1 Å². The zero-order valence-electron chi connectivity index (χ0n) is 14.6. The average molecular weight is 385 g/mol. The molecule has 5 nitrogen and oxygen atoms in total. The van der Waals surface area contributed by atoms with Crippen molar-refractivity contribution in [3.63, 3.8) is 0 Å². The summed E-state index contributed by atoms with van der Waals surface area (Å²) in [4.78, 5) is 15.6. The minimum Gasteiger partial charge on any atom is -0.360 e. The molecule has 0 radical (unpaired) electrons. The molecule has 0 spiro atoms. The van der Waals surface area contributed by atoms with E-state index in [1.807, 2.05) is 6.92 Å². The van der Waals surface area contributed by atoms with Gasteiger partial charge in [-0.2, -0.15) is 8.78 Å². The smallest absolute Gasteiger partial charge is 0.320 e. The van der Waals surface area contributed by atoms with E-state index in [4.69, 9.17) is 0 Å². The fourth-order valence-electron chi connectivity index (χ4n) is 3.88.